The Morgan fingerprint density at radius 1 is 1.33 bits per heavy atom. The number of thioether (sulfide) groups is 1. The van der Waals surface area contributed by atoms with Crippen molar-refractivity contribution in [2.75, 3.05) is 5.75 Å². The van der Waals surface area contributed by atoms with Crippen LogP contribution in [-0.4, -0.2) is 21.1 Å². The van der Waals surface area contributed by atoms with Gasteiger partial charge in [0.1, 0.15) is 10.4 Å². The first kappa shape index (κ1) is 16.8. The van der Waals surface area contributed by atoms with Gasteiger partial charge >= 0.3 is 0 Å². The van der Waals surface area contributed by atoms with Gasteiger partial charge in [-0.15, -0.1) is 11.3 Å². The standard InChI is InChI=1S/C20H16N2O3S2/c1-22-19(24)17-12-6-4-8-16(12)27-18(17)21-20(22)26-10-13(23)15-9-11-5-2-3-7-14(11)25-15/h2-3,5,7,9H,4,6,8,10H2,1H3. The molecule has 27 heavy (non-hydrogen) atoms. The fourth-order valence-electron chi connectivity index (χ4n) is 3.56. The summed E-state index contributed by atoms with van der Waals surface area (Å²) in [5.74, 6) is 0.403. The molecule has 3 aromatic heterocycles. The molecule has 0 fully saturated rings. The highest BCUT2D eigenvalue weighted by Crippen LogP contribution is 2.35. The predicted octanol–water partition coefficient (Wildman–Crippen LogP) is 4.20. The van der Waals surface area contributed by atoms with Gasteiger partial charge in [-0.2, -0.15) is 0 Å². The Labute approximate surface area is 163 Å². The fourth-order valence-corrected chi connectivity index (χ4v) is 5.70. The maximum absolute atomic E-state index is 12.8. The summed E-state index contributed by atoms with van der Waals surface area (Å²) in [6.45, 7) is 0. The van der Waals surface area contributed by atoms with Gasteiger partial charge in [-0.1, -0.05) is 30.0 Å². The Bertz CT molecular complexity index is 1230. The van der Waals surface area contributed by atoms with Crippen LogP contribution in [0.25, 0.3) is 21.2 Å². The lowest BCUT2D eigenvalue weighted by molar-refractivity contribution is 0.0994. The van der Waals surface area contributed by atoms with E-state index in [1.807, 2.05) is 24.3 Å². The van der Waals surface area contributed by atoms with Crippen molar-refractivity contribution < 1.29 is 9.21 Å². The van der Waals surface area contributed by atoms with Crippen molar-refractivity contribution >= 4 is 50.1 Å². The molecule has 5 nitrogen and oxygen atoms in total. The van der Waals surface area contributed by atoms with E-state index in [0.717, 1.165) is 34.9 Å². The molecule has 1 aliphatic rings. The summed E-state index contributed by atoms with van der Waals surface area (Å²) in [6.07, 6.45) is 3.11. The van der Waals surface area contributed by atoms with E-state index in [-0.39, 0.29) is 17.1 Å². The molecule has 0 aliphatic heterocycles. The van der Waals surface area contributed by atoms with Crippen molar-refractivity contribution in [2.24, 2.45) is 7.05 Å². The first-order valence-corrected chi connectivity index (χ1v) is 10.6. The van der Waals surface area contributed by atoms with E-state index >= 15 is 0 Å². The number of Topliss-reactive ketones (excluding diaryl/α,β-unsaturated/α-hetero) is 1. The number of fused-ring (bicyclic) bond motifs is 4. The van der Waals surface area contributed by atoms with Gasteiger partial charge in [0.25, 0.3) is 5.56 Å². The molecule has 4 aromatic rings. The molecule has 0 radical (unpaired) electrons. The number of ketones is 1. The van der Waals surface area contributed by atoms with Crippen LogP contribution in [0.2, 0.25) is 0 Å². The summed E-state index contributed by atoms with van der Waals surface area (Å²) in [5, 5.41) is 2.24. The SMILES string of the molecule is Cn1c(SCC(=O)c2cc3ccccc3o2)nc2sc3c(c2c1=O)CCC3. The summed E-state index contributed by atoms with van der Waals surface area (Å²) < 4.78 is 7.19. The number of aryl methyl sites for hydroxylation is 2. The molecular formula is C20H16N2O3S2. The maximum Gasteiger partial charge on any atom is 0.262 e. The molecule has 0 saturated carbocycles. The quantitative estimate of drug-likeness (QED) is 0.294. The lowest BCUT2D eigenvalue weighted by Gasteiger charge is -2.06. The largest absolute Gasteiger partial charge is 0.453 e. The Hall–Kier alpha value is -2.38. The van der Waals surface area contributed by atoms with E-state index in [1.165, 1.54) is 22.2 Å². The minimum absolute atomic E-state index is 0.0157. The molecule has 136 valence electrons. The van der Waals surface area contributed by atoms with Crippen LogP contribution in [0.5, 0.6) is 0 Å². The van der Waals surface area contributed by atoms with Crippen LogP contribution in [0.15, 0.2) is 44.7 Å². The minimum Gasteiger partial charge on any atom is -0.453 e. The first-order valence-electron chi connectivity index (χ1n) is 8.77. The van der Waals surface area contributed by atoms with Crippen LogP contribution >= 0.6 is 23.1 Å². The highest BCUT2D eigenvalue weighted by Gasteiger charge is 2.23. The van der Waals surface area contributed by atoms with E-state index in [4.69, 9.17) is 4.42 Å². The van der Waals surface area contributed by atoms with Crippen LogP contribution < -0.4 is 5.56 Å². The minimum atomic E-state index is -0.112. The average Bonchev–Trinajstić information content (AvgIpc) is 3.36. The number of aromatic nitrogens is 2. The molecule has 7 heteroatoms. The number of hydrogen-bond donors (Lipinski definition) is 0. The summed E-state index contributed by atoms with van der Waals surface area (Å²) in [7, 11) is 1.72. The number of thiophene rings is 1. The lowest BCUT2D eigenvalue weighted by Crippen LogP contribution is -2.20. The predicted molar refractivity (Wildman–Crippen MR) is 108 cm³/mol. The average molecular weight is 396 g/mol. The fraction of sp³-hybridized carbons (Fsp3) is 0.250. The van der Waals surface area contributed by atoms with Gasteiger partial charge in [0, 0.05) is 17.3 Å². The van der Waals surface area contributed by atoms with Crippen LogP contribution in [0.1, 0.15) is 27.4 Å². The smallest absolute Gasteiger partial charge is 0.262 e. The Morgan fingerprint density at radius 2 is 2.19 bits per heavy atom. The molecule has 5 rings (SSSR count). The summed E-state index contributed by atoms with van der Waals surface area (Å²) in [6, 6.07) is 9.31. The van der Waals surface area contributed by atoms with E-state index < -0.39 is 0 Å². The van der Waals surface area contributed by atoms with Crippen LogP contribution in [0, 0.1) is 0 Å². The number of carbonyl (C=O) groups excluding carboxylic acids is 1. The molecule has 0 unspecified atom stereocenters. The van der Waals surface area contributed by atoms with E-state index in [2.05, 4.69) is 4.98 Å². The number of carbonyl (C=O) groups is 1. The highest BCUT2D eigenvalue weighted by molar-refractivity contribution is 7.99. The molecular weight excluding hydrogens is 380 g/mol. The summed E-state index contributed by atoms with van der Waals surface area (Å²) in [4.78, 5) is 32.1. The van der Waals surface area contributed by atoms with Crippen molar-refractivity contribution in [1.82, 2.24) is 9.55 Å². The van der Waals surface area contributed by atoms with Gasteiger partial charge in [-0.05, 0) is 37.0 Å². The number of benzene rings is 1. The summed E-state index contributed by atoms with van der Waals surface area (Å²) >= 11 is 2.89. The van der Waals surface area contributed by atoms with Crippen molar-refractivity contribution in [3.8, 4) is 0 Å². The van der Waals surface area contributed by atoms with Crippen LogP contribution in [0.4, 0.5) is 0 Å². The van der Waals surface area contributed by atoms with Crippen molar-refractivity contribution in [1.29, 1.82) is 0 Å². The summed E-state index contributed by atoms with van der Waals surface area (Å²) in [5.41, 5.74) is 1.86. The number of para-hydroxylation sites is 1. The zero-order chi connectivity index (χ0) is 18.5. The van der Waals surface area contributed by atoms with Gasteiger partial charge < -0.3 is 4.42 Å². The van der Waals surface area contributed by atoms with Gasteiger partial charge in [0.05, 0.1) is 11.1 Å². The van der Waals surface area contributed by atoms with Crippen LogP contribution in [-0.2, 0) is 19.9 Å². The zero-order valence-corrected chi connectivity index (χ0v) is 16.3. The number of furan rings is 1. The topological polar surface area (TPSA) is 65.1 Å². The monoisotopic (exact) mass is 396 g/mol. The van der Waals surface area contributed by atoms with Crippen molar-refractivity contribution in [3.63, 3.8) is 0 Å². The third-order valence-electron chi connectivity index (χ3n) is 4.94. The van der Waals surface area contributed by atoms with Crippen molar-refractivity contribution in [2.45, 2.75) is 24.4 Å². The third-order valence-corrected chi connectivity index (χ3v) is 7.15. The third kappa shape index (κ3) is 2.73. The molecule has 0 atom stereocenters. The highest BCUT2D eigenvalue weighted by atomic mass is 32.2. The normalized spacial score (nSPS) is 13.5. The molecule has 1 aromatic carbocycles. The van der Waals surface area contributed by atoms with Gasteiger partial charge in [-0.3, -0.25) is 14.2 Å². The lowest BCUT2D eigenvalue weighted by atomic mass is 10.2. The van der Waals surface area contributed by atoms with E-state index in [1.54, 1.807) is 29.0 Å². The van der Waals surface area contributed by atoms with Gasteiger partial charge in [-0.25, -0.2) is 4.98 Å². The Balaban J connectivity index is 1.43. The number of rotatable bonds is 4. The number of hydrogen-bond acceptors (Lipinski definition) is 6. The molecule has 0 bridgehead atoms. The molecule has 0 spiro atoms. The molecule has 0 saturated heterocycles. The van der Waals surface area contributed by atoms with E-state index in [9.17, 15) is 9.59 Å². The zero-order valence-electron chi connectivity index (χ0n) is 14.7. The Morgan fingerprint density at radius 3 is 3.04 bits per heavy atom. The Kier molecular flexibility index (Phi) is 3.94. The van der Waals surface area contributed by atoms with Crippen molar-refractivity contribution in [3.05, 3.63) is 56.9 Å². The first-order chi connectivity index (χ1) is 13.1. The second-order valence-corrected chi connectivity index (χ2v) is 8.68. The molecule has 0 N–H and O–H groups in total. The number of nitrogens with zero attached hydrogens (tertiary/aromatic N) is 2. The molecule has 1 aliphatic carbocycles. The second-order valence-electron chi connectivity index (χ2n) is 6.66. The molecule has 0 amide bonds. The second kappa shape index (κ2) is 6.35. The van der Waals surface area contributed by atoms with Gasteiger partial charge in [0.2, 0.25) is 5.78 Å². The maximum atomic E-state index is 12.8. The molecule has 3 heterocycles. The van der Waals surface area contributed by atoms with Crippen LogP contribution in [0.3, 0.4) is 0 Å². The van der Waals surface area contributed by atoms with Gasteiger partial charge in [0.15, 0.2) is 10.9 Å². The van der Waals surface area contributed by atoms with E-state index in [0.29, 0.717) is 16.5 Å².